The highest BCUT2D eigenvalue weighted by atomic mass is 16.1. The van der Waals surface area contributed by atoms with E-state index in [0.717, 1.165) is 49.1 Å². The first-order valence-electron chi connectivity index (χ1n) is 9.72. The van der Waals surface area contributed by atoms with Gasteiger partial charge in [-0.2, -0.15) is 0 Å². The summed E-state index contributed by atoms with van der Waals surface area (Å²) in [6.45, 7) is 9.38. The number of aryl methyl sites for hydroxylation is 2. The maximum Gasteiger partial charge on any atom is 0.259 e. The highest BCUT2D eigenvalue weighted by Gasteiger charge is 2.27. The Morgan fingerprint density at radius 1 is 1.11 bits per heavy atom. The number of aromatic nitrogens is 2. The molecule has 1 aromatic heterocycles. The maximum absolute atomic E-state index is 13.1. The van der Waals surface area contributed by atoms with Crippen LogP contribution in [0.1, 0.15) is 30.2 Å². The van der Waals surface area contributed by atoms with Gasteiger partial charge < -0.3 is 4.90 Å². The quantitative estimate of drug-likeness (QED) is 0.783. The van der Waals surface area contributed by atoms with E-state index in [1.54, 1.807) is 0 Å². The summed E-state index contributed by atoms with van der Waals surface area (Å²) in [6, 6.07) is 8.43. The monoisotopic (exact) mass is 369 g/mol. The van der Waals surface area contributed by atoms with E-state index >= 15 is 0 Å². The summed E-state index contributed by atoms with van der Waals surface area (Å²) < 4.78 is 1.84. The fraction of sp³-hybridized carbons (Fsp3) is 0.524. The number of hydrogen-bond donors (Lipinski definition) is 0. The van der Waals surface area contributed by atoms with Gasteiger partial charge in [-0.25, -0.2) is 4.98 Å². The first-order chi connectivity index (χ1) is 12.9. The molecule has 0 spiro atoms. The summed E-state index contributed by atoms with van der Waals surface area (Å²) in [4.78, 5) is 24.6. The zero-order valence-electron chi connectivity index (χ0n) is 17.2. The van der Waals surface area contributed by atoms with Crippen molar-refractivity contribution in [2.75, 3.05) is 38.8 Å². The fourth-order valence-electron chi connectivity index (χ4n) is 3.61. The van der Waals surface area contributed by atoms with Gasteiger partial charge in [0.15, 0.2) is 0 Å². The summed E-state index contributed by atoms with van der Waals surface area (Å²) in [5.41, 5.74) is 4.04. The van der Waals surface area contributed by atoms with E-state index < -0.39 is 0 Å². The van der Waals surface area contributed by atoms with E-state index in [9.17, 15) is 4.79 Å². The van der Waals surface area contributed by atoms with E-state index in [0.29, 0.717) is 13.1 Å². The Hall–Kier alpha value is -2.18. The second-order valence-corrected chi connectivity index (χ2v) is 7.66. The van der Waals surface area contributed by atoms with Gasteiger partial charge >= 0.3 is 0 Å². The van der Waals surface area contributed by atoms with Crippen LogP contribution in [0.5, 0.6) is 0 Å². The predicted molar refractivity (Wildman–Crippen MR) is 111 cm³/mol. The average molecular weight is 370 g/mol. The molecule has 1 aliphatic heterocycles. The number of rotatable bonds is 6. The normalized spacial score (nSPS) is 14.7. The van der Waals surface area contributed by atoms with Crippen LogP contribution in [0.3, 0.4) is 0 Å². The molecule has 0 saturated carbocycles. The third-order valence-electron chi connectivity index (χ3n) is 5.15. The molecule has 6 nitrogen and oxygen atoms in total. The molecule has 1 aromatic carbocycles. The van der Waals surface area contributed by atoms with E-state index in [4.69, 9.17) is 4.98 Å². The Kier molecular flexibility index (Phi) is 5.97. The van der Waals surface area contributed by atoms with Gasteiger partial charge in [0, 0.05) is 23.5 Å². The lowest BCUT2D eigenvalue weighted by molar-refractivity contribution is 0.189. The number of hydrogen-bond acceptors (Lipinski definition) is 5. The van der Waals surface area contributed by atoms with Gasteiger partial charge in [0.25, 0.3) is 5.56 Å². The van der Waals surface area contributed by atoms with Crippen molar-refractivity contribution in [3.8, 4) is 0 Å². The minimum Gasteiger partial charge on any atom is -0.309 e. The molecule has 0 aliphatic carbocycles. The third kappa shape index (κ3) is 4.22. The van der Waals surface area contributed by atoms with Crippen molar-refractivity contribution in [3.63, 3.8) is 0 Å². The molecular weight excluding hydrogens is 338 g/mol. The van der Waals surface area contributed by atoms with Gasteiger partial charge in [-0.15, -0.1) is 0 Å². The van der Waals surface area contributed by atoms with Crippen LogP contribution >= 0.6 is 0 Å². The highest BCUT2D eigenvalue weighted by molar-refractivity contribution is 5.58. The number of benzene rings is 1. The number of fused-ring (bicyclic) bond motifs is 1. The second kappa shape index (κ2) is 8.23. The molecule has 2 heterocycles. The standard InChI is InChI=1S/C21H31N5O/c1-6-19-17(3)22-21-25(18-10-8-16(2)9-11-18)14-24(13-7-12-23(4)5)15-26(21)20(19)27/h8-11H,6-7,12-15H2,1-5H3. The number of nitrogens with zero attached hydrogens (tertiary/aromatic N) is 5. The van der Waals surface area contributed by atoms with E-state index in [-0.39, 0.29) is 5.56 Å². The largest absolute Gasteiger partial charge is 0.309 e. The average Bonchev–Trinajstić information content (AvgIpc) is 2.62. The van der Waals surface area contributed by atoms with Crippen LogP contribution in [0.25, 0.3) is 0 Å². The first kappa shape index (κ1) is 19.6. The zero-order valence-corrected chi connectivity index (χ0v) is 17.2. The van der Waals surface area contributed by atoms with Crippen LogP contribution in [-0.2, 0) is 13.1 Å². The molecule has 27 heavy (non-hydrogen) atoms. The molecule has 0 fully saturated rings. The van der Waals surface area contributed by atoms with Crippen LogP contribution in [0.2, 0.25) is 0 Å². The molecular formula is C21H31N5O. The smallest absolute Gasteiger partial charge is 0.259 e. The Bertz CT molecular complexity index is 841. The Balaban J connectivity index is 1.99. The molecule has 0 amide bonds. The first-order valence-corrected chi connectivity index (χ1v) is 9.72. The van der Waals surface area contributed by atoms with Crippen molar-refractivity contribution in [2.45, 2.75) is 40.3 Å². The van der Waals surface area contributed by atoms with E-state index in [1.807, 2.05) is 18.4 Å². The summed E-state index contributed by atoms with van der Waals surface area (Å²) in [7, 11) is 4.18. The topological polar surface area (TPSA) is 44.6 Å². The lowest BCUT2D eigenvalue weighted by atomic mass is 10.2. The third-order valence-corrected chi connectivity index (χ3v) is 5.15. The van der Waals surface area contributed by atoms with Crippen LogP contribution in [0, 0.1) is 13.8 Å². The summed E-state index contributed by atoms with van der Waals surface area (Å²) in [6.07, 6.45) is 1.78. The predicted octanol–water partition coefficient (Wildman–Crippen LogP) is 2.74. The lowest BCUT2D eigenvalue weighted by Crippen LogP contribution is -2.48. The van der Waals surface area contributed by atoms with Crippen molar-refractivity contribution >= 4 is 11.6 Å². The summed E-state index contributed by atoms with van der Waals surface area (Å²) in [5, 5.41) is 0. The van der Waals surface area contributed by atoms with Gasteiger partial charge in [-0.3, -0.25) is 19.2 Å². The molecule has 0 radical (unpaired) electrons. The Morgan fingerprint density at radius 2 is 1.81 bits per heavy atom. The zero-order chi connectivity index (χ0) is 19.6. The molecule has 3 rings (SSSR count). The van der Waals surface area contributed by atoms with Crippen molar-refractivity contribution in [3.05, 3.63) is 51.4 Å². The van der Waals surface area contributed by atoms with Gasteiger partial charge in [0.05, 0.1) is 13.3 Å². The van der Waals surface area contributed by atoms with Gasteiger partial charge in [0.2, 0.25) is 5.95 Å². The van der Waals surface area contributed by atoms with Crippen molar-refractivity contribution in [1.82, 2.24) is 19.4 Å². The Morgan fingerprint density at radius 3 is 2.44 bits per heavy atom. The highest BCUT2D eigenvalue weighted by Crippen LogP contribution is 2.28. The van der Waals surface area contributed by atoms with Gasteiger partial charge in [-0.1, -0.05) is 24.6 Å². The molecule has 0 unspecified atom stereocenters. The molecule has 0 atom stereocenters. The van der Waals surface area contributed by atoms with Gasteiger partial charge in [0.1, 0.15) is 0 Å². The lowest BCUT2D eigenvalue weighted by Gasteiger charge is -2.38. The van der Waals surface area contributed by atoms with Crippen LogP contribution in [-0.4, -0.2) is 53.2 Å². The van der Waals surface area contributed by atoms with Crippen LogP contribution in [0.15, 0.2) is 29.1 Å². The Labute approximate surface area is 162 Å². The van der Waals surface area contributed by atoms with Gasteiger partial charge in [-0.05, 0) is 59.5 Å². The second-order valence-electron chi connectivity index (χ2n) is 7.66. The van der Waals surface area contributed by atoms with Crippen LogP contribution in [0.4, 0.5) is 11.6 Å². The molecule has 0 bridgehead atoms. The van der Waals surface area contributed by atoms with E-state index in [2.05, 4.69) is 60.0 Å². The number of anilines is 2. The molecule has 2 aromatic rings. The molecule has 0 saturated heterocycles. The van der Waals surface area contributed by atoms with Crippen molar-refractivity contribution in [2.24, 2.45) is 0 Å². The van der Waals surface area contributed by atoms with Crippen molar-refractivity contribution < 1.29 is 0 Å². The molecule has 6 heteroatoms. The maximum atomic E-state index is 13.1. The fourth-order valence-corrected chi connectivity index (χ4v) is 3.61. The minimum absolute atomic E-state index is 0.0921. The van der Waals surface area contributed by atoms with E-state index in [1.165, 1.54) is 5.56 Å². The molecule has 146 valence electrons. The van der Waals surface area contributed by atoms with Crippen LogP contribution < -0.4 is 10.5 Å². The molecule has 1 aliphatic rings. The SMILES string of the molecule is CCc1c(C)nc2n(c1=O)CN(CCCN(C)C)CN2c1ccc(C)cc1. The molecule has 0 N–H and O–H groups in total. The summed E-state index contributed by atoms with van der Waals surface area (Å²) in [5.74, 6) is 0.752. The summed E-state index contributed by atoms with van der Waals surface area (Å²) >= 11 is 0. The van der Waals surface area contributed by atoms with Crippen molar-refractivity contribution in [1.29, 1.82) is 0 Å². The minimum atomic E-state index is 0.0921.